The van der Waals surface area contributed by atoms with Crippen LogP contribution >= 0.6 is 0 Å². The molecule has 1 aromatic carbocycles. The summed E-state index contributed by atoms with van der Waals surface area (Å²) in [6, 6.07) is 6.02. The number of hydrogen-bond donors (Lipinski definition) is 1. The number of nitrogens with one attached hydrogen (secondary N) is 1. The van der Waals surface area contributed by atoms with Crippen LogP contribution in [0.5, 0.6) is 5.75 Å². The fraction of sp³-hybridized carbons (Fsp3) is 0.579. The Balaban J connectivity index is 2.45. The molecule has 2 amide bonds. The van der Waals surface area contributed by atoms with Gasteiger partial charge in [-0.15, -0.1) is 0 Å². The van der Waals surface area contributed by atoms with E-state index < -0.39 is 0 Å². The van der Waals surface area contributed by atoms with Gasteiger partial charge in [0.15, 0.2) is 6.61 Å². The number of methoxy groups -OCH3 is 1. The van der Waals surface area contributed by atoms with Crippen molar-refractivity contribution in [1.82, 2.24) is 10.2 Å². The van der Waals surface area contributed by atoms with Gasteiger partial charge in [-0.05, 0) is 36.5 Å². The zero-order chi connectivity index (χ0) is 18.8. The van der Waals surface area contributed by atoms with Crippen molar-refractivity contribution < 1.29 is 19.1 Å². The van der Waals surface area contributed by atoms with Crippen molar-refractivity contribution in [2.45, 2.75) is 33.1 Å². The number of benzene rings is 1. The van der Waals surface area contributed by atoms with Gasteiger partial charge in [-0.2, -0.15) is 0 Å². The Labute approximate surface area is 150 Å². The molecule has 0 aliphatic heterocycles. The Morgan fingerprint density at radius 3 is 2.64 bits per heavy atom. The number of nitrogens with zero attached hydrogens (tertiary/aromatic N) is 1. The summed E-state index contributed by atoms with van der Waals surface area (Å²) in [5.41, 5.74) is 2.15. The summed E-state index contributed by atoms with van der Waals surface area (Å²) in [6.45, 7) is 7.22. The molecule has 0 aromatic heterocycles. The topological polar surface area (TPSA) is 67.9 Å². The molecule has 0 radical (unpaired) electrons. The summed E-state index contributed by atoms with van der Waals surface area (Å²) in [5.74, 6) is 0.673. The average Bonchev–Trinajstić information content (AvgIpc) is 2.57. The molecule has 0 atom stereocenters. The molecule has 0 spiro atoms. The van der Waals surface area contributed by atoms with Crippen molar-refractivity contribution >= 4 is 11.8 Å². The van der Waals surface area contributed by atoms with Crippen LogP contribution in [-0.2, 0) is 14.3 Å². The monoisotopic (exact) mass is 350 g/mol. The summed E-state index contributed by atoms with van der Waals surface area (Å²) < 4.78 is 10.6. The van der Waals surface area contributed by atoms with Gasteiger partial charge in [0.1, 0.15) is 5.75 Å². The normalized spacial score (nSPS) is 10.6. The summed E-state index contributed by atoms with van der Waals surface area (Å²) in [7, 11) is 3.21. The van der Waals surface area contributed by atoms with Crippen molar-refractivity contribution in [2.24, 2.45) is 0 Å². The molecule has 0 saturated carbocycles. The third-order valence-electron chi connectivity index (χ3n) is 3.88. The average molecular weight is 350 g/mol. The van der Waals surface area contributed by atoms with Crippen LogP contribution in [0.1, 0.15) is 37.3 Å². The molecule has 6 heteroatoms. The summed E-state index contributed by atoms with van der Waals surface area (Å²) >= 11 is 0. The lowest BCUT2D eigenvalue weighted by Crippen LogP contribution is -2.40. The Bertz CT molecular complexity index is 573. The van der Waals surface area contributed by atoms with E-state index in [4.69, 9.17) is 9.47 Å². The van der Waals surface area contributed by atoms with Gasteiger partial charge >= 0.3 is 0 Å². The predicted octanol–water partition coefficient (Wildman–Crippen LogP) is 2.11. The van der Waals surface area contributed by atoms with E-state index in [1.54, 1.807) is 14.2 Å². The summed E-state index contributed by atoms with van der Waals surface area (Å²) in [6.07, 6.45) is 0.745. The quantitative estimate of drug-likeness (QED) is 0.656. The smallest absolute Gasteiger partial charge is 0.260 e. The molecule has 1 rings (SSSR count). The van der Waals surface area contributed by atoms with Crippen LogP contribution < -0.4 is 10.1 Å². The second-order valence-electron chi connectivity index (χ2n) is 6.41. The highest BCUT2D eigenvalue weighted by atomic mass is 16.5. The van der Waals surface area contributed by atoms with Crippen molar-refractivity contribution in [2.75, 3.05) is 40.5 Å². The van der Waals surface area contributed by atoms with Gasteiger partial charge in [-0.3, -0.25) is 9.59 Å². The third kappa shape index (κ3) is 7.56. The lowest BCUT2D eigenvalue weighted by molar-refractivity contribution is -0.136. The van der Waals surface area contributed by atoms with Crippen LogP contribution in [0.4, 0.5) is 0 Å². The Hall–Kier alpha value is -2.08. The zero-order valence-corrected chi connectivity index (χ0v) is 15.9. The van der Waals surface area contributed by atoms with E-state index in [0.717, 1.165) is 17.5 Å². The molecule has 25 heavy (non-hydrogen) atoms. The highest BCUT2D eigenvalue weighted by molar-refractivity contribution is 5.85. The highest BCUT2D eigenvalue weighted by Gasteiger charge is 2.14. The Morgan fingerprint density at radius 2 is 2.00 bits per heavy atom. The van der Waals surface area contributed by atoms with Crippen LogP contribution in [0, 0.1) is 6.92 Å². The van der Waals surface area contributed by atoms with Crippen LogP contribution in [0.15, 0.2) is 18.2 Å². The molecule has 1 N–H and O–H groups in total. The first kappa shape index (κ1) is 21.0. The first-order chi connectivity index (χ1) is 11.8. The van der Waals surface area contributed by atoms with Crippen molar-refractivity contribution in [3.05, 3.63) is 29.3 Å². The van der Waals surface area contributed by atoms with Crippen LogP contribution in [0.3, 0.4) is 0 Å². The van der Waals surface area contributed by atoms with E-state index in [1.165, 1.54) is 4.90 Å². The van der Waals surface area contributed by atoms with Gasteiger partial charge in [0.05, 0.1) is 6.54 Å². The number of aryl methyl sites for hydroxylation is 1. The molecular weight excluding hydrogens is 320 g/mol. The Kier molecular flexibility index (Phi) is 8.99. The lowest BCUT2D eigenvalue weighted by atomic mass is 10.0. The van der Waals surface area contributed by atoms with Gasteiger partial charge in [0, 0.05) is 27.3 Å². The minimum atomic E-state index is -0.235. The number of rotatable bonds is 10. The molecule has 140 valence electrons. The van der Waals surface area contributed by atoms with E-state index in [-0.39, 0.29) is 25.0 Å². The SMILES string of the molecule is COCCCNC(=O)CN(C)C(=O)COc1cc(C(C)C)ccc1C. The van der Waals surface area contributed by atoms with Gasteiger partial charge in [0.25, 0.3) is 5.91 Å². The minimum absolute atomic E-state index is 0.0141. The fourth-order valence-corrected chi connectivity index (χ4v) is 2.18. The molecule has 0 aliphatic rings. The van der Waals surface area contributed by atoms with Gasteiger partial charge in [-0.1, -0.05) is 26.0 Å². The number of likely N-dealkylation sites (N-methyl/N-ethyl adjacent to an activating group) is 1. The molecule has 0 heterocycles. The standard InChI is InChI=1S/C19H30N2O4/c1-14(2)16-8-7-15(3)17(11-16)25-13-19(23)21(4)12-18(22)20-9-6-10-24-5/h7-8,11,14H,6,9-10,12-13H2,1-5H3,(H,20,22). The van der Waals surface area contributed by atoms with Crippen molar-refractivity contribution in [3.8, 4) is 5.75 Å². The second kappa shape index (κ2) is 10.7. The van der Waals surface area contributed by atoms with E-state index >= 15 is 0 Å². The summed E-state index contributed by atoms with van der Waals surface area (Å²) in [5, 5.41) is 2.75. The van der Waals surface area contributed by atoms with E-state index in [1.807, 2.05) is 19.1 Å². The molecule has 0 aliphatic carbocycles. The van der Waals surface area contributed by atoms with Crippen LogP contribution in [-0.4, -0.2) is 57.2 Å². The van der Waals surface area contributed by atoms with Gasteiger partial charge in [-0.25, -0.2) is 0 Å². The van der Waals surface area contributed by atoms with E-state index in [2.05, 4.69) is 25.2 Å². The zero-order valence-electron chi connectivity index (χ0n) is 15.9. The molecule has 1 aromatic rings. The highest BCUT2D eigenvalue weighted by Crippen LogP contribution is 2.24. The first-order valence-electron chi connectivity index (χ1n) is 8.58. The van der Waals surface area contributed by atoms with Crippen molar-refractivity contribution in [3.63, 3.8) is 0 Å². The molecule has 0 bridgehead atoms. The maximum absolute atomic E-state index is 12.2. The predicted molar refractivity (Wildman–Crippen MR) is 97.9 cm³/mol. The maximum Gasteiger partial charge on any atom is 0.260 e. The lowest BCUT2D eigenvalue weighted by Gasteiger charge is -2.18. The van der Waals surface area contributed by atoms with E-state index in [9.17, 15) is 9.59 Å². The third-order valence-corrected chi connectivity index (χ3v) is 3.88. The fourth-order valence-electron chi connectivity index (χ4n) is 2.18. The van der Waals surface area contributed by atoms with Gasteiger partial charge < -0.3 is 19.7 Å². The van der Waals surface area contributed by atoms with Crippen LogP contribution in [0.25, 0.3) is 0 Å². The summed E-state index contributed by atoms with van der Waals surface area (Å²) in [4.78, 5) is 25.3. The van der Waals surface area contributed by atoms with E-state index in [0.29, 0.717) is 24.8 Å². The first-order valence-corrected chi connectivity index (χ1v) is 8.58. The van der Waals surface area contributed by atoms with Gasteiger partial charge in [0.2, 0.25) is 5.91 Å². The largest absolute Gasteiger partial charge is 0.483 e. The number of amides is 2. The maximum atomic E-state index is 12.2. The number of carbonyl (C=O) groups is 2. The number of carbonyl (C=O) groups excluding carboxylic acids is 2. The van der Waals surface area contributed by atoms with Crippen LogP contribution in [0.2, 0.25) is 0 Å². The molecule has 6 nitrogen and oxygen atoms in total. The molecular formula is C19H30N2O4. The molecule has 0 saturated heterocycles. The molecule has 0 unspecified atom stereocenters. The number of ether oxygens (including phenoxy) is 2. The minimum Gasteiger partial charge on any atom is -0.483 e. The van der Waals surface area contributed by atoms with Crippen molar-refractivity contribution in [1.29, 1.82) is 0 Å². The molecule has 0 fully saturated rings. The second-order valence-corrected chi connectivity index (χ2v) is 6.41. The Morgan fingerprint density at radius 1 is 1.28 bits per heavy atom. The number of hydrogen-bond acceptors (Lipinski definition) is 4.